The van der Waals surface area contributed by atoms with E-state index in [1.807, 2.05) is 42.5 Å². The molecule has 4 aromatic rings. The maximum atomic E-state index is 14.9. The van der Waals surface area contributed by atoms with Crippen LogP contribution in [0.25, 0.3) is 11.5 Å². The van der Waals surface area contributed by atoms with E-state index >= 15 is 0 Å². The number of anilines is 1. The summed E-state index contributed by atoms with van der Waals surface area (Å²) in [7, 11) is 0. The van der Waals surface area contributed by atoms with Crippen molar-refractivity contribution in [3.63, 3.8) is 0 Å². The molecule has 3 aromatic carbocycles. The van der Waals surface area contributed by atoms with Crippen LogP contribution >= 0.6 is 0 Å². The molecule has 1 aliphatic heterocycles. The van der Waals surface area contributed by atoms with Crippen LogP contribution in [0.5, 0.6) is 0 Å². The Bertz CT molecular complexity index is 1230. The van der Waals surface area contributed by atoms with Gasteiger partial charge in [0.2, 0.25) is 11.8 Å². The SMILES string of the molecule is Cc1ccc(C)c(N2CCN(C(c3nnc(-c4ccccc4)o3)c3ccccc3F)CC2)c1. The van der Waals surface area contributed by atoms with Gasteiger partial charge in [-0.2, -0.15) is 0 Å². The molecule has 5 rings (SSSR count). The van der Waals surface area contributed by atoms with Gasteiger partial charge in [0, 0.05) is 43.0 Å². The fourth-order valence-electron chi connectivity index (χ4n) is 4.51. The van der Waals surface area contributed by atoms with Gasteiger partial charge in [0.15, 0.2) is 0 Å². The lowest BCUT2D eigenvalue weighted by atomic mass is 10.0. The molecule has 1 saturated heterocycles. The molecule has 5 nitrogen and oxygen atoms in total. The first-order valence-electron chi connectivity index (χ1n) is 11.3. The zero-order chi connectivity index (χ0) is 22.8. The fourth-order valence-corrected chi connectivity index (χ4v) is 4.51. The van der Waals surface area contributed by atoms with Crippen LogP contribution in [0.4, 0.5) is 10.1 Å². The van der Waals surface area contributed by atoms with E-state index in [1.54, 1.807) is 6.07 Å². The molecule has 1 unspecified atom stereocenters. The molecule has 168 valence electrons. The number of halogens is 1. The quantitative estimate of drug-likeness (QED) is 0.414. The Morgan fingerprint density at radius 3 is 2.33 bits per heavy atom. The third kappa shape index (κ3) is 4.39. The van der Waals surface area contributed by atoms with Crippen LogP contribution in [-0.4, -0.2) is 41.3 Å². The van der Waals surface area contributed by atoms with Gasteiger partial charge in [-0.15, -0.1) is 10.2 Å². The standard InChI is InChI=1S/C27H27FN4O/c1-19-12-13-20(2)24(18-19)31-14-16-32(17-15-31)25(22-10-6-7-11-23(22)28)27-30-29-26(33-27)21-8-4-3-5-9-21/h3-13,18,25H,14-17H2,1-2H3. The predicted octanol–water partition coefficient (Wildman–Crippen LogP) is 5.40. The van der Waals surface area contributed by atoms with Crippen molar-refractivity contribution in [1.29, 1.82) is 0 Å². The second-order valence-corrected chi connectivity index (χ2v) is 8.55. The zero-order valence-electron chi connectivity index (χ0n) is 18.9. The number of rotatable bonds is 5. The molecule has 0 saturated carbocycles. The van der Waals surface area contributed by atoms with Crippen molar-refractivity contribution in [3.8, 4) is 11.5 Å². The Labute approximate surface area is 193 Å². The normalized spacial score (nSPS) is 15.5. The van der Waals surface area contributed by atoms with Crippen molar-refractivity contribution in [1.82, 2.24) is 15.1 Å². The van der Waals surface area contributed by atoms with Crippen LogP contribution in [0.1, 0.15) is 28.6 Å². The van der Waals surface area contributed by atoms with Gasteiger partial charge in [-0.3, -0.25) is 4.90 Å². The number of aryl methyl sites for hydroxylation is 2. The van der Waals surface area contributed by atoms with Crippen molar-refractivity contribution < 1.29 is 8.81 Å². The molecule has 2 heterocycles. The average Bonchev–Trinajstić information content (AvgIpc) is 3.33. The lowest BCUT2D eigenvalue weighted by molar-refractivity contribution is 0.184. The molecule has 33 heavy (non-hydrogen) atoms. The fraction of sp³-hybridized carbons (Fsp3) is 0.259. The number of benzene rings is 3. The lowest BCUT2D eigenvalue weighted by Gasteiger charge is -2.39. The van der Waals surface area contributed by atoms with Crippen molar-refractivity contribution in [2.75, 3.05) is 31.1 Å². The van der Waals surface area contributed by atoms with Crippen LogP contribution in [-0.2, 0) is 0 Å². The van der Waals surface area contributed by atoms with Gasteiger partial charge in [0.25, 0.3) is 0 Å². The van der Waals surface area contributed by atoms with Crippen LogP contribution in [0.2, 0.25) is 0 Å². The molecular formula is C27H27FN4O. The number of aromatic nitrogens is 2. The molecule has 0 N–H and O–H groups in total. The Balaban J connectivity index is 1.44. The smallest absolute Gasteiger partial charge is 0.247 e. The van der Waals surface area contributed by atoms with E-state index in [2.05, 4.69) is 52.0 Å². The molecule has 0 bridgehead atoms. The van der Waals surface area contributed by atoms with E-state index in [1.165, 1.54) is 22.9 Å². The number of hydrogen-bond acceptors (Lipinski definition) is 5. The monoisotopic (exact) mass is 442 g/mol. The zero-order valence-corrected chi connectivity index (χ0v) is 18.9. The Morgan fingerprint density at radius 1 is 0.848 bits per heavy atom. The Hall–Kier alpha value is -3.51. The largest absolute Gasteiger partial charge is 0.419 e. The summed E-state index contributed by atoms with van der Waals surface area (Å²) in [6.07, 6.45) is 0. The number of nitrogens with zero attached hydrogens (tertiary/aromatic N) is 4. The van der Waals surface area contributed by atoms with Gasteiger partial charge in [-0.1, -0.05) is 48.5 Å². The first-order valence-corrected chi connectivity index (χ1v) is 11.3. The molecule has 1 aromatic heterocycles. The minimum absolute atomic E-state index is 0.265. The van der Waals surface area contributed by atoms with Gasteiger partial charge in [0.1, 0.15) is 11.9 Å². The second-order valence-electron chi connectivity index (χ2n) is 8.55. The van der Waals surface area contributed by atoms with Gasteiger partial charge in [-0.05, 0) is 49.2 Å². The summed E-state index contributed by atoms with van der Waals surface area (Å²) in [5, 5.41) is 8.61. The highest BCUT2D eigenvalue weighted by Gasteiger charge is 2.32. The van der Waals surface area contributed by atoms with Gasteiger partial charge >= 0.3 is 0 Å². The highest BCUT2D eigenvalue weighted by molar-refractivity contribution is 5.55. The Morgan fingerprint density at radius 2 is 1.58 bits per heavy atom. The molecule has 6 heteroatoms. The van der Waals surface area contributed by atoms with E-state index in [9.17, 15) is 4.39 Å². The molecule has 0 amide bonds. The molecule has 0 spiro atoms. The molecule has 0 radical (unpaired) electrons. The number of piperazine rings is 1. The van der Waals surface area contributed by atoms with Crippen molar-refractivity contribution in [3.05, 3.63) is 101 Å². The third-order valence-corrected chi connectivity index (χ3v) is 6.28. The maximum absolute atomic E-state index is 14.9. The summed E-state index contributed by atoms with van der Waals surface area (Å²) < 4.78 is 21.0. The van der Waals surface area contributed by atoms with Crippen molar-refractivity contribution >= 4 is 5.69 Å². The molecule has 1 fully saturated rings. The van der Waals surface area contributed by atoms with Crippen LogP contribution in [0.15, 0.2) is 77.2 Å². The topological polar surface area (TPSA) is 45.4 Å². The van der Waals surface area contributed by atoms with Gasteiger partial charge in [0.05, 0.1) is 0 Å². The van der Waals surface area contributed by atoms with E-state index < -0.39 is 6.04 Å². The highest BCUT2D eigenvalue weighted by Crippen LogP contribution is 2.33. The molecule has 1 atom stereocenters. The molecular weight excluding hydrogens is 415 g/mol. The minimum Gasteiger partial charge on any atom is -0.419 e. The average molecular weight is 443 g/mol. The summed E-state index contributed by atoms with van der Waals surface area (Å²) >= 11 is 0. The van der Waals surface area contributed by atoms with E-state index in [0.29, 0.717) is 17.3 Å². The summed E-state index contributed by atoms with van der Waals surface area (Å²) in [4.78, 5) is 4.64. The van der Waals surface area contributed by atoms with E-state index in [0.717, 1.165) is 31.7 Å². The lowest BCUT2D eigenvalue weighted by Crippen LogP contribution is -2.48. The minimum atomic E-state index is -0.433. The number of hydrogen-bond donors (Lipinski definition) is 0. The summed E-state index contributed by atoms with van der Waals surface area (Å²) in [5.41, 5.74) is 5.19. The molecule has 1 aliphatic rings. The van der Waals surface area contributed by atoms with Crippen molar-refractivity contribution in [2.24, 2.45) is 0 Å². The maximum Gasteiger partial charge on any atom is 0.247 e. The van der Waals surface area contributed by atoms with E-state index in [-0.39, 0.29) is 5.82 Å². The summed E-state index contributed by atoms with van der Waals surface area (Å²) in [5.74, 6) is 0.596. The first kappa shape index (κ1) is 21.3. The first-order chi connectivity index (χ1) is 16.1. The molecule has 0 aliphatic carbocycles. The van der Waals surface area contributed by atoms with E-state index in [4.69, 9.17) is 4.42 Å². The Kier molecular flexibility index (Phi) is 5.92. The van der Waals surface area contributed by atoms with Gasteiger partial charge < -0.3 is 9.32 Å². The highest BCUT2D eigenvalue weighted by atomic mass is 19.1. The second kappa shape index (κ2) is 9.16. The van der Waals surface area contributed by atoms with Crippen LogP contribution in [0, 0.1) is 19.7 Å². The summed E-state index contributed by atoms with van der Waals surface area (Å²) in [6.45, 7) is 7.47. The predicted molar refractivity (Wildman–Crippen MR) is 128 cm³/mol. The van der Waals surface area contributed by atoms with Crippen LogP contribution < -0.4 is 4.90 Å². The van der Waals surface area contributed by atoms with Crippen LogP contribution in [0.3, 0.4) is 0 Å². The summed E-state index contributed by atoms with van der Waals surface area (Å²) in [6, 6.07) is 22.6. The van der Waals surface area contributed by atoms with Gasteiger partial charge in [-0.25, -0.2) is 4.39 Å². The van der Waals surface area contributed by atoms with Crippen molar-refractivity contribution in [2.45, 2.75) is 19.9 Å². The third-order valence-electron chi connectivity index (χ3n) is 6.28.